The molecule has 2 heterocycles. The van der Waals surface area contributed by atoms with Crippen LogP contribution in [0, 0.1) is 0 Å². The number of allylic oxidation sites excluding steroid dienone is 1. The lowest BCUT2D eigenvalue weighted by Crippen LogP contribution is -1.98. The van der Waals surface area contributed by atoms with Gasteiger partial charge in [0.1, 0.15) is 23.9 Å². The molecule has 154 valence electrons. The van der Waals surface area contributed by atoms with Crippen molar-refractivity contribution in [2.24, 2.45) is 7.05 Å². The van der Waals surface area contributed by atoms with Crippen molar-refractivity contribution < 1.29 is 19.0 Å². The number of carbonyl (C=O) groups is 1. The third-order valence-electron chi connectivity index (χ3n) is 5.40. The number of hydrogen-bond acceptors (Lipinski definition) is 4. The molecular formula is C26H21NO4. The summed E-state index contributed by atoms with van der Waals surface area (Å²) in [6.45, 7) is 0.452. The molecule has 5 heteroatoms. The van der Waals surface area contributed by atoms with Crippen molar-refractivity contribution in [3.05, 3.63) is 95.4 Å². The Kier molecular flexibility index (Phi) is 4.71. The van der Waals surface area contributed by atoms with Crippen molar-refractivity contribution in [1.29, 1.82) is 0 Å². The number of ketones is 1. The lowest BCUT2D eigenvalue weighted by molar-refractivity contribution is 0.101. The van der Waals surface area contributed by atoms with E-state index in [1.165, 1.54) is 0 Å². The van der Waals surface area contributed by atoms with E-state index in [9.17, 15) is 4.79 Å². The Morgan fingerprint density at radius 3 is 2.61 bits per heavy atom. The molecule has 0 radical (unpaired) electrons. The maximum absolute atomic E-state index is 12.9. The van der Waals surface area contributed by atoms with Crippen LogP contribution in [0.25, 0.3) is 17.0 Å². The lowest BCUT2D eigenvalue weighted by atomic mass is 10.1. The number of nitrogens with zero attached hydrogens (tertiary/aromatic N) is 1. The second-order valence-corrected chi connectivity index (χ2v) is 7.45. The summed E-state index contributed by atoms with van der Waals surface area (Å²) in [7, 11) is 3.61. The lowest BCUT2D eigenvalue weighted by Gasteiger charge is -2.07. The Hall–Kier alpha value is -3.99. The fourth-order valence-electron chi connectivity index (χ4n) is 3.78. The van der Waals surface area contributed by atoms with Gasteiger partial charge < -0.3 is 18.8 Å². The van der Waals surface area contributed by atoms with Crippen LogP contribution >= 0.6 is 0 Å². The molecule has 0 N–H and O–H groups in total. The predicted molar refractivity (Wildman–Crippen MR) is 120 cm³/mol. The number of aryl methyl sites for hydroxylation is 1. The van der Waals surface area contributed by atoms with Crippen molar-refractivity contribution in [1.82, 2.24) is 4.57 Å². The van der Waals surface area contributed by atoms with E-state index < -0.39 is 0 Å². The van der Waals surface area contributed by atoms with Gasteiger partial charge in [-0.2, -0.15) is 0 Å². The molecule has 31 heavy (non-hydrogen) atoms. The largest absolute Gasteiger partial charge is 0.497 e. The number of Topliss-reactive ketones (excluding diaryl/α,β-unsaturated/α-hetero) is 1. The number of benzene rings is 3. The summed E-state index contributed by atoms with van der Waals surface area (Å²) < 4.78 is 19.2. The number of hydrogen-bond donors (Lipinski definition) is 0. The molecule has 0 bridgehead atoms. The second kappa shape index (κ2) is 7.69. The number of ether oxygens (including phenoxy) is 3. The summed E-state index contributed by atoms with van der Waals surface area (Å²) in [6.07, 6.45) is 3.76. The van der Waals surface area contributed by atoms with Crippen LogP contribution in [0.4, 0.5) is 0 Å². The van der Waals surface area contributed by atoms with Crippen molar-refractivity contribution in [3.8, 4) is 17.2 Å². The highest BCUT2D eigenvalue weighted by molar-refractivity contribution is 6.15. The summed E-state index contributed by atoms with van der Waals surface area (Å²) in [4.78, 5) is 12.9. The molecule has 4 aromatic rings. The second-order valence-electron chi connectivity index (χ2n) is 7.45. The third kappa shape index (κ3) is 3.55. The van der Waals surface area contributed by atoms with E-state index in [1.807, 2.05) is 66.3 Å². The van der Waals surface area contributed by atoms with Gasteiger partial charge in [-0.25, -0.2) is 0 Å². The van der Waals surface area contributed by atoms with Gasteiger partial charge in [0.15, 0.2) is 5.76 Å². The normalized spacial score (nSPS) is 14.0. The molecule has 0 saturated heterocycles. The molecule has 0 atom stereocenters. The van der Waals surface area contributed by atoms with E-state index in [0.717, 1.165) is 27.8 Å². The van der Waals surface area contributed by atoms with E-state index in [2.05, 4.69) is 0 Å². The highest BCUT2D eigenvalue weighted by Gasteiger charge is 2.28. The van der Waals surface area contributed by atoms with Crippen LogP contribution in [0.5, 0.6) is 17.2 Å². The fourth-order valence-corrected chi connectivity index (χ4v) is 3.78. The summed E-state index contributed by atoms with van der Waals surface area (Å²) in [5, 5.41) is 0.994. The molecule has 0 aliphatic carbocycles. The van der Waals surface area contributed by atoms with E-state index >= 15 is 0 Å². The molecule has 3 aromatic carbocycles. The van der Waals surface area contributed by atoms with Gasteiger partial charge in [0, 0.05) is 35.8 Å². The number of methoxy groups -OCH3 is 1. The molecule has 1 aliphatic rings. The smallest absolute Gasteiger partial charge is 0.231 e. The van der Waals surface area contributed by atoms with Crippen molar-refractivity contribution >= 4 is 22.8 Å². The average Bonchev–Trinajstić information content (AvgIpc) is 3.28. The van der Waals surface area contributed by atoms with E-state index in [0.29, 0.717) is 29.4 Å². The van der Waals surface area contributed by atoms with Crippen molar-refractivity contribution in [2.45, 2.75) is 6.61 Å². The van der Waals surface area contributed by atoms with E-state index in [1.54, 1.807) is 31.4 Å². The summed E-state index contributed by atoms with van der Waals surface area (Å²) in [6, 6.07) is 21.1. The van der Waals surface area contributed by atoms with Gasteiger partial charge in [0.25, 0.3) is 0 Å². The maximum atomic E-state index is 12.9. The van der Waals surface area contributed by atoms with Gasteiger partial charge in [-0.05, 0) is 42.0 Å². The first-order valence-corrected chi connectivity index (χ1v) is 10.0. The number of carbonyl (C=O) groups excluding carboxylic acids is 1. The molecule has 1 aromatic heterocycles. The van der Waals surface area contributed by atoms with E-state index in [-0.39, 0.29) is 5.78 Å². The zero-order chi connectivity index (χ0) is 21.4. The molecule has 5 nitrogen and oxygen atoms in total. The first-order valence-electron chi connectivity index (χ1n) is 10.0. The van der Waals surface area contributed by atoms with Gasteiger partial charge in [0.05, 0.1) is 12.7 Å². The minimum atomic E-state index is -0.135. The highest BCUT2D eigenvalue weighted by Crippen LogP contribution is 2.36. The number of aromatic nitrogens is 1. The predicted octanol–water partition coefficient (Wildman–Crippen LogP) is 5.38. The Balaban J connectivity index is 1.42. The zero-order valence-electron chi connectivity index (χ0n) is 17.3. The topological polar surface area (TPSA) is 49.7 Å². The number of rotatable bonds is 5. The van der Waals surface area contributed by atoms with Crippen LogP contribution < -0.4 is 14.2 Å². The van der Waals surface area contributed by atoms with Crippen LogP contribution in [0.3, 0.4) is 0 Å². The Morgan fingerprint density at radius 1 is 1.00 bits per heavy atom. The minimum absolute atomic E-state index is 0.135. The van der Waals surface area contributed by atoms with Crippen molar-refractivity contribution in [3.63, 3.8) is 0 Å². The van der Waals surface area contributed by atoms with Gasteiger partial charge in [-0.15, -0.1) is 0 Å². The van der Waals surface area contributed by atoms with Crippen molar-refractivity contribution in [2.75, 3.05) is 7.11 Å². The summed E-state index contributed by atoms with van der Waals surface area (Å²) >= 11 is 0. The third-order valence-corrected chi connectivity index (χ3v) is 5.40. The molecule has 0 amide bonds. The minimum Gasteiger partial charge on any atom is -0.497 e. The van der Waals surface area contributed by atoms with Gasteiger partial charge in [0.2, 0.25) is 5.78 Å². The van der Waals surface area contributed by atoms with Crippen LogP contribution in [-0.4, -0.2) is 17.5 Å². The van der Waals surface area contributed by atoms with Crippen LogP contribution in [0.2, 0.25) is 0 Å². The first-order chi connectivity index (χ1) is 15.1. The Bertz CT molecular complexity index is 1320. The fraction of sp³-hybridized carbons (Fsp3) is 0.115. The summed E-state index contributed by atoms with van der Waals surface area (Å²) in [5.74, 6) is 2.10. The zero-order valence-corrected chi connectivity index (χ0v) is 17.3. The van der Waals surface area contributed by atoms with Crippen LogP contribution in [0.1, 0.15) is 21.5 Å². The highest BCUT2D eigenvalue weighted by atomic mass is 16.5. The molecule has 5 rings (SSSR count). The maximum Gasteiger partial charge on any atom is 0.231 e. The molecule has 1 aliphatic heterocycles. The first kappa shape index (κ1) is 19.0. The molecular weight excluding hydrogens is 390 g/mol. The SMILES string of the molecule is COc1ccc2c(c1)c(C=C1Oc3cc(OCc4ccccc4)ccc3C1=O)cn2C. The molecule has 0 spiro atoms. The van der Waals surface area contributed by atoms with Gasteiger partial charge in [-0.3, -0.25) is 4.79 Å². The summed E-state index contributed by atoms with van der Waals surface area (Å²) in [5.41, 5.74) is 3.56. The van der Waals surface area contributed by atoms with Gasteiger partial charge in [-0.1, -0.05) is 30.3 Å². The molecule has 0 saturated carbocycles. The van der Waals surface area contributed by atoms with Gasteiger partial charge >= 0.3 is 0 Å². The molecule has 0 unspecified atom stereocenters. The average molecular weight is 411 g/mol. The standard InChI is InChI=1S/C26H21NO4/c1-27-15-18(22-13-19(29-2)9-11-23(22)27)12-25-26(28)21-10-8-20(14-24(21)31-25)30-16-17-6-4-3-5-7-17/h3-15H,16H2,1-2H3. The quantitative estimate of drug-likeness (QED) is 0.414. The number of fused-ring (bicyclic) bond motifs is 2. The van der Waals surface area contributed by atoms with Crippen LogP contribution in [-0.2, 0) is 13.7 Å². The monoisotopic (exact) mass is 411 g/mol. The van der Waals surface area contributed by atoms with E-state index in [4.69, 9.17) is 14.2 Å². The van der Waals surface area contributed by atoms with Crippen LogP contribution in [0.15, 0.2) is 78.7 Å². The Labute approximate surface area is 180 Å². The Morgan fingerprint density at radius 2 is 1.81 bits per heavy atom. The molecule has 0 fully saturated rings.